The number of hydrogen-bond acceptors (Lipinski definition) is 4. The minimum Gasteiger partial charge on any atom is -0.491 e. The van der Waals surface area contributed by atoms with E-state index in [4.69, 9.17) is 14.2 Å². The van der Waals surface area contributed by atoms with Crippen LogP contribution in [-0.2, 0) is 9.47 Å². The fourth-order valence-electron chi connectivity index (χ4n) is 2.03. The molecule has 0 unspecified atom stereocenters. The standard InChI is InChI=1S/C15H22N2O4/c1-2-19-8-9-21-14-5-3-4-12(10-14)16-15(18)17-13-6-7-20-11-13/h3-5,10,13H,2,6-9,11H2,1H3,(H2,16,17,18)/t13-/m1/s1. The van der Waals surface area contributed by atoms with Crippen molar-refractivity contribution in [2.75, 3.05) is 38.4 Å². The van der Waals surface area contributed by atoms with Gasteiger partial charge in [0.15, 0.2) is 0 Å². The number of carbonyl (C=O) groups is 1. The van der Waals surface area contributed by atoms with Crippen molar-refractivity contribution in [2.45, 2.75) is 19.4 Å². The van der Waals surface area contributed by atoms with E-state index < -0.39 is 0 Å². The number of carbonyl (C=O) groups excluding carboxylic acids is 1. The zero-order chi connectivity index (χ0) is 14.9. The highest BCUT2D eigenvalue weighted by atomic mass is 16.5. The Bertz CT molecular complexity index is 447. The van der Waals surface area contributed by atoms with Gasteiger partial charge in [0, 0.05) is 25.0 Å². The Hall–Kier alpha value is -1.79. The number of hydrogen-bond donors (Lipinski definition) is 2. The van der Waals surface area contributed by atoms with E-state index in [1.807, 2.05) is 25.1 Å². The summed E-state index contributed by atoms with van der Waals surface area (Å²) in [4.78, 5) is 11.8. The van der Waals surface area contributed by atoms with Crippen molar-refractivity contribution in [2.24, 2.45) is 0 Å². The van der Waals surface area contributed by atoms with Crippen LogP contribution in [0.2, 0.25) is 0 Å². The molecule has 1 aromatic carbocycles. The average molecular weight is 294 g/mol. The van der Waals surface area contributed by atoms with Crippen LogP contribution >= 0.6 is 0 Å². The number of anilines is 1. The molecule has 0 saturated carbocycles. The summed E-state index contributed by atoms with van der Waals surface area (Å²) >= 11 is 0. The van der Waals surface area contributed by atoms with Crippen LogP contribution in [0.5, 0.6) is 5.75 Å². The smallest absolute Gasteiger partial charge is 0.319 e. The first-order valence-electron chi connectivity index (χ1n) is 7.24. The van der Waals surface area contributed by atoms with Crippen LogP contribution in [0.3, 0.4) is 0 Å². The molecule has 2 N–H and O–H groups in total. The van der Waals surface area contributed by atoms with Gasteiger partial charge < -0.3 is 24.8 Å². The summed E-state index contributed by atoms with van der Waals surface area (Å²) in [5.74, 6) is 0.705. The molecule has 2 amide bonds. The van der Waals surface area contributed by atoms with Crippen molar-refractivity contribution >= 4 is 11.7 Å². The van der Waals surface area contributed by atoms with E-state index in [0.29, 0.717) is 44.5 Å². The Morgan fingerprint density at radius 3 is 3.10 bits per heavy atom. The minimum absolute atomic E-state index is 0.0932. The van der Waals surface area contributed by atoms with E-state index in [-0.39, 0.29) is 12.1 Å². The molecule has 0 bridgehead atoms. The van der Waals surface area contributed by atoms with Gasteiger partial charge in [-0.05, 0) is 25.5 Å². The molecule has 1 aliphatic heterocycles. The second-order valence-electron chi connectivity index (χ2n) is 4.73. The highest BCUT2D eigenvalue weighted by molar-refractivity contribution is 5.89. The maximum Gasteiger partial charge on any atom is 0.319 e. The molecule has 1 fully saturated rings. The van der Waals surface area contributed by atoms with Crippen molar-refractivity contribution < 1.29 is 19.0 Å². The molecule has 1 saturated heterocycles. The summed E-state index contributed by atoms with van der Waals surface area (Å²) in [6.07, 6.45) is 0.855. The van der Waals surface area contributed by atoms with Crippen LogP contribution in [0.1, 0.15) is 13.3 Å². The van der Waals surface area contributed by atoms with Crippen LogP contribution in [0.25, 0.3) is 0 Å². The first-order valence-corrected chi connectivity index (χ1v) is 7.24. The Morgan fingerprint density at radius 2 is 2.33 bits per heavy atom. The van der Waals surface area contributed by atoms with E-state index in [9.17, 15) is 4.79 Å². The number of amides is 2. The summed E-state index contributed by atoms with van der Waals surface area (Å²) in [6.45, 7) is 4.94. The van der Waals surface area contributed by atoms with Gasteiger partial charge in [0.2, 0.25) is 0 Å². The van der Waals surface area contributed by atoms with Crippen LogP contribution in [0.15, 0.2) is 24.3 Å². The summed E-state index contributed by atoms with van der Waals surface area (Å²) in [7, 11) is 0. The molecule has 0 radical (unpaired) electrons. The molecule has 1 aliphatic rings. The zero-order valence-electron chi connectivity index (χ0n) is 12.3. The second kappa shape index (κ2) is 8.49. The van der Waals surface area contributed by atoms with Crippen molar-refractivity contribution in [1.29, 1.82) is 0 Å². The molecule has 2 rings (SSSR count). The zero-order valence-corrected chi connectivity index (χ0v) is 12.3. The Morgan fingerprint density at radius 1 is 1.43 bits per heavy atom. The molecule has 6 nitrogen and oxygen atoms in total. The largest absolute Gasteiger partial charge is 0.491 e. The number of ether oxygens (including phenoxy) is 3. The number of benzene rings is 1. The quantitative estimate of drug-likeness (QED) is 0.755. The third-order valence-electron chi connectivity index (χ3n) is 3.06. The van der Waals surface area contributed by atoms with Crippen molar-refractivity contribution in [3.8, 4) is 5.75 Å². The fourth-order valence-corrected chi connectivity index (χ4v) is 2.03. The summed E-state index contributed by atoms with van der Waals surface area (Å²) in [6, 6.07) is 7.16. The van der Waals surface area contributed by atoms with Gasteiger partial charge in [-0.2, -0.15) is 0 Å². The SMILES string of the molecule is CCOCCOc1cccc(NC(=O)N[C@@H]2CCOC2)c1. The Labute approximate surface area is 124 Å². The van der Waals surface area contributed by atoms with E-state index in [1.165, 1.54) is 0 Å². The predicted molar refractivity (Wildman–Crippen MR) is 79.8 cm³/mol. The van der Waals surface area contributed by atoms with E-state index in [0.717, 1.165) is 6.42 Å². The lowest BCUT2D eigenvalue weighted by molar-refractivity contribution is 0.110. The van der Waals surface area contributed by atoms with Gasteiger partial charge in [-0.25, -0.2) is 4.79 Å². The van der Waals surface area contributed by atoms with Crippen LogP contribution < -0.4 is 15.4 Å². The average Bonchev–Trinajstić information content (AvgIpc) is 2.97. The molecule has 1 atom stereocenters. The van der Waals surface area contributed by atoms with Gasteiger partial charge in [0.25, 0.3) is 0 Å². The lowest BCUT2D eigenvalue weighted by Gasteiger charge is -2.13. The highest BCUT2D eigenvalue weighted by Crippen LogP contribution is 2.17. The van der Waals surface area contributed by atoms with Crippen LogP contribution in [-0.4, -0.2) is 45.1 Å². The minimum atomic E-state index is -0.225. The van der Waals surface area contributed by atoms with Gasteiger partial charge in [0.05, 0.1) is 19.3 Å². The monoisotopic (exact) mass is 294 g/mol. The molecular weight excluding hydrogens is 272 g/mol. The lowest BCUT2D eigenvalue weighted by atomic mass is 10.2. The van der Waals surface area contributed by atoms with Crippen molar-refractivity contribution in [3.05, 3.63) is 24.3 Å². The van der Waals surface area contributed by atoms with Crippen molar-refractivity contribution in [1.82, 2.24) is 5.32 Å². The second-order valence-corrected chi connectivity index (χ2v) is 4.73. The molecule has 0 aromatic heterocycles. The van der Waals surface area contributed by atoms with Gasteiger partial charge in [-0.15, -0.1) is 0 Å². The molecule has 6 heteroatoms. The molecule has 0 aliphatic carbocycles. The number of nitrogens with one attached hydrogen (secondary N) is 2. The van der Waals surface area contributed by atoms with E-state index in [2.05, 4.69) is 10.6 Å². The summed E-state index contributed by atoms with van der Waals surface area (Å²) in [5.41, 5.74) is 0.695. The third kappa shape index (κ3) is 5.61. The van der Waals surface area contributed by atoms with Gasteiger partial charge in [-0.1, -0.05) is 6.07 Å². The third-order valence-corrected chi connectivity index (χ3v) is 3.06. The molecule has 1 heterocycles. The molecule has 1 aromatic rings. The van der Waals surface area contributed by atoms with E-state index >= 15 is 0 Å². The Balaban J connectivity index is 1.78. The topological polar surface area (TPSA) is 68.8 Å². The number of rotatable bonds is 7. The molecule has 116 valence electrons. The van der Waals surface area contributed by atoms with Crippen LogP contribution in [0.4, 0.5) is 10.5 Å². The Kier molecular flexibility index (Phi) is 6.30. The van der Waals surface area contributed by atoms with Crippen LogP contribution in [0, 0.1) is 0 Å². The molecular formula is C15H22N2O4. The van der Waals surface area contributed by atoms with Gasteiger partial charge in [-0.3, -0.25) is 0 Å². The highest BCUT2D eigenvalue weighted by Gasteiger charge is 2.17. The summed E-state index contributed by atoms with van der Waals surface area (Å²) in [5, 5.41) is 5.66. The maximum absolute atomic E-state index is 11.8. The first kappa shape index (κ1) is 15.6. The van der Waals surface area contributed by atoms with E-state index in [1.54, 1.807) is 6.07 Å². The fraction of sp³-hybridized carbons (Fsp3) is 0.533. The molecule has 21 heavy (non-hydrogen) atoms. The van der Waals surface area contributed by atoms with Gasteiger partial charge >= 0.3 is 6.03 Å². The normalized spacial score (nSPS) is 17.5. The first-order chi connectivity index (χ1) is 10.3. The number of urea groups is 1. The van der Waals surface area contributed by atoms with Gasteiger partial charge in [0.1, 0.15) is 12.4 Å². The lowest BCUT2D eigenvalue weighted by Crippen LogP contribution is -2.38. The molecule has 0 spiro atoms. The maximum atomic E-state index is 11.8. The van der Waals surface area contributed by atoms with Crippen molar-refractivity contribution in [3.63, 3.8) is 0 Å². The predicted octanol–water partition coefficient (Wildman–Crippen LogP) is 2.01. The summed E-state index contributed by atoms with van der Waals surface area (Å²) < 4.78 is 16.0.